The molecule has 0 atom stereocenters. The number of carbonyl (C=O) groups is 2. The smallest absolute Gasteiger partial charge is 0.271 e. The van der Waals surface area contributed by atoms with Crippen molar-refractivity contribution in [3.05, 3.63) is 99.6 Å². The van der Waals surface area contributed by atoms with E-state index in [-0.39, 0.29) is 18.2 Å². The van der Waals surface area contributed by atoms with E-state index < -0.39 is 10.8 Å². The molecule has 0 bridgehead atoms. The molecule has 0 spiro atoms. The molecule has 0 heterocycles. The van der Waals surface area contributed by atoms with Crippen LogP contribution in [0.1, 0.15) is 28.4 Å². The largest absolute Gasteiger partial charge is 0.489 e. The molecule has 0 saturated carbocycles. The van der Waals surface area contributed by atoms with Crippen LogP contribution in [0.15, 0.2) is 77.9 Å². The second kappa shape index (κ2) is 10.5. The van der Waals surface area contributed by atoms with Crippen molar-refractivity contribution in [2.45, 2.75) is 13.5 Å². The average molecular weight is 432 g/mol. The van der Waals surface area contributed by atoms with Crippen molar-refractivity contribution in [2.75, 3.05) is 5.32 Å². The summed E-state index contributed by atoms with van der Waals surface area (Å²) in [5.74, 6) is -0.0584. The van der Waals surface area contributed by atoms with Gasteiger partial charge in [-0.1, -0.05) is 18.2 Å². The van der Waals surface area contributed by atoms with Crippen molar-refractivity contribution in [2.24, 2.45) is 5.10 Å². The van der Waals surface area contributed by atoms with E-state index >= 15 is 0 Å². The van der Waals surface area contributed by atoms with Crippen LogP contribution in [0, 0.1) is 10.1 Å². The summed E-state index contributed by atoms with van der Waals surface area (Å²) in [5.41, 5.74) is 4.84. The van der Waals surface area contributed by atoms with E-state index in [0.29, 0.717) is 22.6 Å². The minimum Gasteiger partial charge on any atom is -0.489 e. The van der Waals surface area contributed by atoms with Crippen LogP contribution in [0.2, 0.25) is 0 Å². The third kappa shape index (κ3) is 6.49. The minimum atomic E-state index is -0.452. The first-order chi connectivity index (χ1) is 15.4. The van der Waals surface area contributed by atoms with Crippen LogP contribution < -0.4 is 15.5 Å². The van der Waals surface area contributed by atoms with E-state index in [9.17, 15) is 19.7 Å². The summed E-state index contributed by atoms with van der Waals surface area (Å²) in [6.45, 7) is 1.64. The molecule has 3 aromatic carbocycles. The van der Waals surface area contributed by atoms with Crippen molar-refractivity contribution in [1.82, 2.24) is 5.43 Å². The fourth-order valence-electron chi connectivity index (χ4n) is 2.74. The van der Waals surface area contributed by atoms with Crippen molar-refractivity contribution in [3.8, 4) is 5.75 Å². The summed E-state index contributed by atoms with van der Waals surface area (Å²) in [7, 11) is 0. The predicted octanol–water partition coefficient (Wildman–Crippen LogP) is 3.90. The van der Waals surface area contributed by atoms with E-state index in [0.717, 1.165) is 5.56 Å². The van der Waals surface area contributed by atoms with Crippen molar-refractivity contribution >= 4 is 29.4 Å². The van der Waals surface area contributed by atoms with Gasteiger partial charge in [0.25, 0.3) is 11.6 Å². The van der Waals surface area contributed by atoms with E-state index in [1.165, 1.54) is 25.3 Å². The van der Waals surface area contributed by atoms with Crippen molar-refractivity contribution < 1.29 is 19.2 Å². The zero-order valence-corrected chi connectivity index (χ0v) is 17.1. The average Bonchev–Trinajstić information content (AvgIpc) is 2.78. The van der Waals surface area contributed by atoms with E-state index in [2.05, 4.69) is 15.8 Å². The number of benzene rings is 3. The molecule has 162 valence electrons. The van der Waals surface area contributed by atoms with Crippen LogP contribution in [0.25, 0.3) is 0 Å². The van der Waals surface area contributed by atoms with Gasteiger partial charge in [-0.2, -0.15) is 5.10 Å². The minimum absolute atomic E-state index is 0.0239. The molecule has 0 radical (unpaired) electrons. The highest BCUT2D eigenvalue weighted by Gasteiger charge is 2.06. The maximum atomic E-state index is 12.3. The number of nitro groups is 1. The van der Waals surface area contributed by atoms with Crippen LogP contribution in [0.5, 0.6) is 5.75 Å². The van der Waals surface area contributed by atoms with Gasteiger partial charge in [0.1, 0.15) is 12.4 Å². The highest BCUT2D eigenvalue weighted by molar-refractivity contribution is 5.97. The molecule has 0 saturated heterocycles. The predicted molar refractivity (Wildman–Crippen MR) is 120 cm³/mol. The lowest BCUT2D eigenvalue weighted by molar-refractivity contribution is -0.384. The van der Waals surface area contributed by atoms with E-state index in [1.807, 2.05) is 0 Å². The lowest BCUT2D eigenvalue weighted by atomic mass is 10.2. The van der Waals surface area contributed by atoms with Gasteiger partial charge in [-0.25, -0.2) is 5.43 Å². The number of hydrazone groups is 1. The van der Waals surface area contributed by atoms with Gasteiger partial charge in [-0.15, -0.1) is 0 Å². The fourth-order valence-corrected chi connectivity index (χ4v) is 2.74. The Morgan fingerprint density at radius 3 is 2.53 bits per heavy atom. The van der Waals surface area contributed by atoms with Crippen LogP contribution in [-0.4, -0.2) is 23.0 Å². The van der Waals surface area contributed by atoms with Crippen LogP contribution in [-0.2, 0) is 11.4 Å². The normalized spacial score (nSPS) is 10.5. The van der Waals surface area contributed by atoms with Gasteiger partial charge in [-0.3, -0.25) is 19.7 Å². The lowest BCUT2D eigenvalue weighted by Crippen LogP contribution is -2.18. The molecule has 0 aliphatic rings. The quantitative estimate of drug-likeness (QED) is 0.317. The number of nitrogens with zero attached hydrogens (tertiary/aromatic N) is 2. The van der Waals surface area contributed by atoms with E-state index in [1.54, 1.807) is 60.7 Å². The molecule has 2 N–H and O–H groups in total. The molecule has 0 unspecified atom stereocenters. The fraction of sp³-hybridized carbons (Fsp3) is 0.0870. The number of non-ortho nitro benzene ring substituents is 1. The molecule has 0 aliphatic heterocycles. The number of rotatable bonds is 8. The van der Waals surface area contributed by atoms with Gasteiger partial charge in [0.05, 0.1) is 11.1 Å². The molecule has 9 heteroatoms. The number of ether oxygens (including phenoxy) is 1. The van der Waals surface area contributed by atoms with Crippen LogP contribution in [0.3, 0.4) is 0 Å². The molecular weight excluding hydrogens is 412 g/mol. The maximum Gasteiger partial charge on any atom is 0.271 e. The summed E-state index contributed by atoms with van der Waals surface area (Å²) < 4.78 is 5.72. The summed E-state index contributed by atoms with van der Waals surface area (Å²) in [4.78, 5) is 33.7. The number of amides is 2. The molecule has 9 nitrogen and oxygen atoms in total. The van der Waals surface area contributed by atoms with Gasteiger partial charge >= 0.3 is 0 Å². The lowest BCUT2D eigenvalue weighted by Gasteiger charge is -2.07. The molecule has 0 fully saturated rings. The molecule has 3 rings (SSSR count). The number of hydrogen-bond donors (Lipinski definition) is 2. The molecular formula is C23H20N4O5. The second-order valence-electron chi connectivity index (χ2n) is 6.75. The topological polar surface area (TPSA) is 123 Å². The first-order valence-electron chi connectivity index (χ1n) is 9.58. The first-order valence-corrected chi connectivity index (χ1v) is 9.58. The third-order valence-electron chi connectivity index (χ3n) is 4.24. The first kappa shape index (κ1) is 22.2. The Morgan fingerprint density at radius 2 is 1.81 bits per heavy atom. The highest BCUT2D eigenvalue weighted by atomic mass is 16.6. The summed E-state index contributed by atoms with van der Waals surface area (Å²) in [6, 6.07) is 19.7. The Morgan fingerprint density at radius 1 is 1.06 bits per heavy atom. The number of anilines is 1. The van der Waals surface area contributed by atoms with E-state index in [4.69, 9.17) is 4.74 Å². The zero-order chi connectivity index (χ0) is 22.9. The number of carbonyl (C=O) groups excluding carboxylic acids is 2. The zero-order valence-electron chi connectivity index (χ0n) is 17.1. The van der Waals surface area contributed by atoms with Crippen molar-refractivity contribution in [3.63, 3.8) is 0 Å². The number of nitro benzene ring substituents is 1. The Kier molecular flexibility index (Phi) is 7.26. The molecule has 0 aliphatic carbocycles. The van der Waals surface area contributed by atoms with Gasteiger partial charge in [0.2, 0.25) is 5.91 Å². The Labute approximate surface area is 183 Å². The summed E-state index contributed by atoms with van der Waals surface area (Å²) >= 11 is 0. The standard InChI is InChI=1S/C23H20N4O5/c1-16(28)25-20-6-3-5-19(13-20)23(29)26-24-14-18-4-2-7-22(12-18)32-15-17-8-10-21(11-9-17)27(30)31/h2-14H,15H2,1H3,(H,25,28)(H,26,29)/b24-14-. The molecule has 32 heavy (non-hydrogen) atoms. The monoisotopic (exact) mass is 432 g/mol. The maximum absolute atomic E-state index is 12.3. The van der Waals surface area contributed by atoms with Gasteiger partial charge in [-0.05, 0) is 53.6 Å². The van der Waals surface area contributed by atoms with Crippen LogP contribution in [0.4, 0.5) is 11.4 Å². The third-order valence-corrected chi connectivity index (χ3v) is 4.24. The summed E-state index contributed by atoms with van der Waals surface area (Å²) in [6.07, 6.45) is 1.48. The highest BCUT2D eigenvalue weighted by Crippen LogP contribution is 2.17. The van der Waals surface area contributed by atoms with Crippen molar-refractivity contribution in [1.29, 1.82) is 0 Å². The van der Waals surface area contributed by atoms with Gasteiger partial charge in [0, 0.05) is 30.3 Å². The van der Waals surface area contributed by atoms with Crippen LogP contribution >= 0.6 is 0 Å². The molecule has 0 aromatic heterocycles. The Balaban J connectivity index is 1.56. The van der Waals surface area contributed by atoms with Gasteiger partial charge in [0.15, 0.2) is 0 Å². The second-order valence-corrected chi connectivity index (χ2v) is 6.75. The molecule has 3 aromatic rings. The Hall–Kier alpha value is -4.53. The number of nitrogens with one attached hydrogen (secondary N) is 2. The molecule has 2 amide bonds. The summed E-state index contributed by atoms with van der Waals surface area (Å²) in [5, 5.41) is 17.3. The SMILES string of the molecule is CC(=O)Nc1cccc(C(=O)N/N=C\c2cccc(OCc3ccc([N+](=O)[O-])cc3)c2)c1. The number of hydrogen-bond acceptors (Lipinski definition) is 6. The Bertz CT molecular complexity index is 1160. The van der Waals surface area contributed by atoms with Gasteiger partial charge < -0.3 is 10.1 Å².